The lowest BCUT2D eigenvalue weighted by atomic mass is 9.86. The van der Waals surface area contributed by atoms with Crippen molar-refractivity contribution < 1.29 is 9.53 Å². The molecule has 6 heteroatoms. The van der Waals surface area contributed by atoms with E-state index in [9.17, 15) is 4.79 Å². The topological polar surface area (TPSA) is 112 Å². The van der Waals surface area contributed by atoms with Gasteiger partial charge in [-0.05, 0) is 47.4 Å². The standard InChI is InChI=1S/C26H26N4O2/c1-2-21(18-9-6-10-19(27)15-18)32-20-13-11-17(12-14-20)25-22(24(29)26(31)30-25)23(28)16-7-4-3-5-8-16/h3-15,21-22,25,28-29H,2,27H2,1H3,(H,30,31). The summed E-state index contributed by atoms with van der Waals surface area (Å²) in [5, 5.41) is 19.8. The summed E-state index contributed by atoms with van der Waals surface area (Å²) in [6, 6.07) is 23.9. The number of ether oxygens (including phenoxy) is 1. The first-order valence-corrected chi connectivity index (χ1v) is 10.6. The van der Waals surface area contributed by atoms with E-state index in [1.807, 2.05) is 78.9 Å². The van der Waals surface area contributed by atoms with Gasteiger partial charge in [0.1, 0.15) is 17.6 Å². The van der Waals surface area contributed by atoms with Crippen LogP contribution in [0, 0.1) is 16.7 Å². The number of carbonyl (C=O) groups is 1. The first-order chi connectivity index (χ1) is 15.5. The number of nitrogen functional groups attached to an aromatic ring is 1. The second-order valence-electron chi connectivity index (χ2n) is 7.88. The Morgan fingerprint density at radius 2 is 1.78 bits per heavy atom. The molecule has 3 atom stereocenters. The number of hydrogen-bond acceptors (Lipinski definition) is 5. The number of benzene rings is 3. The van der Waals surface area contributed by atoms with Crippen molar-refractivity contribution in [3.8, 4) is 5.75 Å². The summed E-state index contributed by atoms with van der Waals surface area (Å²) in [7, 11) is 0. The maximum absolute atomic E-state index is 12.3. The van der Waals surface area contributed by atoms with Gasteiger partial charge in [-0.15, -0.1) is 0 Å². The average Bonchev–Trinajstić information content (AvgIpc) is 3.12. The van der Waals surface area contributed by atoms with Gasteiger partial charge in [0.15, 0.2) is 0 Å². The summed E-state index contributed by atoms with van der Waals surface area (Å²) in [6.07, 6.45) is 0.667. The van der Waals surface area contributed by atoms with Gasteiger partial charge in [0.05, 0.1) is 17.7 Å². The first kappa shape index (κ1) is 21.3. The van der Waals surface area contributed by atoms with E-state index in [-0.39, 0.29) is 17.5 Å². The van der Waals surface area contributed by atoms with Crippen molar-refractivity contribution in [1.29, 1.82) is 10.8 Å². The van der Waals surface area contributed by atoms with Crippen LogP contribution in [-0.2, 0) is 4.79 Å². The maximum Gasteiger partial charge on any atom is 0.266 e. The third kappa shape index (κ3) is 4.25. The van der Waals surface area contributed by atoms with E-state index in [4.69, 9.17) is 21.3 Å². The second-order valence-corrected chi connectivity index (χ2v) is 7.88. The second kappa shape index (κ2) is 9.06. The highest BCUT2D eigenvalue weighted by molar-refractivity contribution is 6.45. The Morgan fingerprint density at radius 3 is 2.44 bits per heavy atom. The predicted octanol–water partition coefficient (Wildman–Crippen LogP) is 4.67. The van der Waals surface area contributed by atoms with Crippen LogP contribution in [-0.4, -0.2) is 17.3 Å². The van der Waals surface area contributed by atoms with Crippen molar-refractivity contribution in [3.05, 3.63) is 95.6 Å². The van der Waals surface area contributed by atoms with Gasteiger partial charge < -0.3 is 21.2 Å². The molecule has 1 heterocycles. The molecule has 1 fully saturated rings. The van der Waals surface area contributed by atoms with Crippen molar-refractivity contribution in [2.45, 2.75) is 25.5 Å². The quantitative estimate of drug-likeness (QED) is 0.325. The zero-order valence-corrected chi connectivity index (χ0v) is 17.8. The van der Waals surface area contributed by atoms with Crippen LogP contribution in [0.5, 0.6) is 5.75 Å². The summed E-state index contributed by atoms with van der Waals surface area (Å²) in [4.78, 5) is 12.3. The molecular weight excluding hydrogens is 400 g/mol. The summed E-state index contributed by atoms with van der Waals surface area (Å²) in [5.74, 6) is -0.377. The van der Waals surface area contributed by atoms with Crippen LogP contribution < -0.4 is 15.8 Å². The SMILES string of the molecule is CCC(Oc1ccc(C2NC(=O)C(=N)C2C(=N)c2ccccc2)cc1)c1cccc(N)c1. The van der Waals surface area contributed by atoms with Gasteiger partial charge in [-0.1, -0.05) is 61.5 Å². The van der Waals surface area contributed by atoms with Crippen LogP contribution in [0.1, 0.15) is 42.2 Å². The van der Waals surface area contributed by atoms with Crippen LogP contribution in [0.4, 0.5) is 5.69 Å². The zero-order chi connectivity index (χ0) is 22.7. The number of rotatable bonds is 7. The summed E-state index contributed by atoms with van der Waals surface area (Å²) >= 11 is 0. The third-order valence-corrected chi connectivity index (χ3v) is 5.74. The molecule has 4 rings (SSSR count). The predicted molar refractivity (Wildman–Crippen MR) is 126 cm³/mol. The van der Waals surface area contributed by atoms with Gasteiger partial charge in [-0.3, -0.25) is 10.2 Å². The van der Waals surface area contributed by atoms with E-state index in [0.717, 1.165) is 17.5 Å². The smallest absolute Gasteiger partial charge is 0.266 e. The Bertz CT molecular complexity index is 1140. The fourth-order valence-corrected chi connectivity index (χ4v) is 4.06. The number of amides is 1. The van der Waals surface area contributed by atoms with Crippen molar-refractivity contribution >= 4 is 23.0 Å². The van der Waals surface area contributed by atoms with Gasteiger partial charge in [-0.2, -0.15) is 0 Å². The van der Waals surface area contributed by atoms with Gasteiger partial charge in [0.25, 0.3) is 5.91 Å². The molecule has 1 aliphatic heterocycles. The maximum atomic E-state index is 12.3. The molecule has 0 bridgehead atoms. The molecule has 0 radical (unpaired) electrons. The monoisotopic (exact) mass is 426 g/mol. The summed E-state index contributed by atoms with van der Waals surface area (Å²) < 4.78 is 6.18. The molecule has 162 valence electrons. The van der Waals surface area contributed by atoms with Crippen molar-refractivity contribution in [2.75, 3.05) is 5.73 Å². The van der Waals surface area contributed by atoms with Crippen LogP contribution >= 0.6 is 0 Å². The number of carbonyl (C=O) groups excluding carboxylic acids is 1. The minimum absolute atomic E-state index is 0.0862. The van der Waals surface area contributed by atoms with E-state index in [0.29, 0.717) is 17.0 Å². The van der Waals surface area contributed by atoms with E-state index >= 15 is 0 Å². The Kier molecular flexibility index (Phi) is 6.03. The van der Waals surface area contributed by atoms with Crippen LogP contribution in [0.25, 0.3) is 0 Å². The van der Waals surface area contributed by atoms with Gasteiger partial charge in [0.2, 0.25) is 0 Å². The van der Waals surface area contributed by atoms with Crippen LogP contribution in [0.15, 0.2) is 78.9 Å². The Balaban J connectivity index is 1.55. The van der Waals surface area contributed by atoms with Crippen LogP contribution in [0.2, 0.25) is 0 Å². The fourth-order valence-electron chi connectivity index (χ4n) is 4.06. The van der Waals surface area contributed by atoms with E-state index in [2.05, 4.69) is 12.2 Å². The lowest BCUT2D eigenvalue weighted by Crippen LogP contribution is -2.26. The van der Waals surface area contributed by atoms with Crippen molar-refractivity contribution in [2.24, 2.45) is 5.92 Å². The first-order valence-electron chi connectivity index (χ1n) is 10.6. The van der Waals surface area contributed by atoms with Gasteiger partial charge in [-0.25, -0.2) is 0 Å². The molecule has 5 N–H and O–H groups in total. The van der Waals surface area contributed by atoms with E-state index in [1.165, 1.54) is 0 Å². The number of hydrogen-bond donors (Lipinski definition) is 4. The van der Waals surface area contributed by atoms with E-state index in [1.54, 1.807) is 0 Å². The molecule has 0 aliphatic carbocycles. The fraction of sp³-hybridized carbons (Fsp3) is 0.192. The van der Waals surface area contributed by atoms with E-state index < -0.39 is 17.9 Å². The Hall–Kier alpha value is -3.93. The molecule has 3 aromatic rings. The molecule has 3 unspecified atom stereocenters. The van der Waals surface area contributed by atoms with Gasteiger partial charge in [0, 0.05) is 5.69 Å². The highest BCUT2D eigenvalue weighted by Gasteiger charge is 2.41. The average molecular weight is 427 g/mol. The Labute approximate surface area is 187 Å². The summed E-state index contributed by atoms with van der Waals surface area (Å²) in [6.45, 7) is 2.06. The minimum atomic E-state index is -0.646. The molecular formula is C26H26N4O2. The molecule has 1 aliphatic rings. The van der Waals surface area contributed by atoms with Crippen LogP contribution in [0.3, 0.4) is 0 Å². The largest absolute Gasteiger partial charge is 0.486 e. The number of nitrogens with two attached hydrogens (primary N) is 1. The highest BCUT2D eigenvalue weighted by atomic mass is 16.5. The minimum Gasteiger partial charge on any atom is -0.486 e. The van der Waals surface area contributed by atoms with Crippen molar-refractivity contribution in [1.82, 2.24) is 5.32 Å². The normalized spacial score (nSPS) is 18.8. The lowest BCUT2D eigenvalue weighted by molar-refractivity contribution is -0.114. The highest BCUT2D eigenvalue weighted by Crippen LogP contribution is 2.33. The number of anilines is 1. The number of nitrogens with one attached hydrogen (secondary N) is 3. The molecule has 32 heavy (non-hydrogen) atoms. The van der Waals surface area contributed by atoms with Gasteiger partial charge >= 0.3 is 0 Å². The molecule has 0 aromatic heterocycles. The molecule has 1 amide bonds. The summed E-state index contributed by atoms with van der Waals surface area (Å²) in [5.41, 5.74) is 9.33. The zero-order valence-electron chi connectivity index (χ0n) is 17.8. The molecule has 1 saturated heterocycles. The lowest BCUT2D eigenvalue weighted by Gasteiger charge is -2.22. The Morgan fingerprint density at radius 1 is 1.06 bits per heavy atom. The molecule has 6 nitrogen and oxygen atoms in total. The molecule has 0 saturated carbocycles. The molecule has 3 aromatic carbocycles. The third-order valence-electron chi connectivity index (χ3n) is 5.74. The van der Waals surface area contributed by atoms with Crippen molar-refractivity contribution in [3.63, 3.8) is 0 Å². The molecule has 0 spiro atoms.